The normalized spacial score (nSPS) is 11.1. The van der Waals surface area contributed by atoms with Crippen LogP contribution in [-0.4, -0.2) is 21.0 Å². The van der Waals surface area contributed by atoms with Gasteiger partial charge in [-0.15, -0.1) is 0 Å². The van der Waals surface area contributed by atoms with E-state index in [1.807, 2.05) is 30.3 Å². The van der Waals surface area contributed by atoms with E-state index in [1.54, 1.807) is 18.2 Å². The van der Waals surface area contributed by atoms with Crippen LogP contribution in [0.4, 0.5) is 25.0 Å². The van der Waals surface area contributed by atoms with E-state index in [1.165, 1.54) is 0 Å². The molecule has 2 heterocycles. The van der Waals surface area contributed by atoms with E-state index in [2.05, 4.69) is 25.6 Å². The number of nitrogens with one attached hydrogen (secondary N) is 4. The Balaban J connectivity index is 1.42. The number of anilines is 2. The first-order valence-electron chi connectivity index (χ1n) is 9.62. The zero-order valence-corrected chi connectivity index (χ0v) is 16.4. The number of benzene rings is 2. The molecule has 0 bridgehead atoms. The van der Waals surface area contributed by atoms with Gasteiger partial charge < -0.3 is 20.6 Å². The van der Waals surface area contributed by atoms with Gasteiger partial charge in [-0.25, -0.2) is 18.6 Å². The van der Waals surface area contributed by atoms with Gasteiger partial charge in [0, 0.05) is 23.0 Å². The van der Waals surface area contributed by atoms with Crippen molar-refractivity contribution in [2.75, 3.05) is 10.6 Å². The summed E-state index contributed by atoms with van der Waals surface area (Å²) in [6, 6.07) is 16.3. The lowest BCUT2D eigenvalue weighted by Crippen LogP contribution is -2.20. The molecule has 3 aromatic rings. The molecule has 4 N–H and O–H groups in total. The summed E-state index contributed by atoms with van der Waals surface area (Å²) >= 11 is 0. The third-order valence-electron chi connectivity index (χ3n) is 4.94. The molecule has 9 heteroatoms. The van der Waals surface area contributed by atoms with Crippen molar-refractivity contribution >= 4 is 28.4 Å². The van der Waals surface area contributed by atoms with Gasteiger partial charge in [0.2, 0.25) is 0 Å². The fraction of sp³-hybridized carbons (Fsp3) is 0. The average Bonchev–Trinajstić information content (AvgIpc) is 3.21. The van der Waals surface area contributed by atoms with Crippen LogP contribution < -0.4 is 16.2 Å². The molecule has 2 amide bonds. The standard InChI is InChI=1S/C23H15F2N5O2/c24-12-6-8-17(15(25)10-12)30-23(32)26-13-7-9-18-19(11-13)28-21(27-18)20-14-4-2-1-3-5-16(14)29-22(20)31/h1-11H,(H,27,28)(H,29,31)(H2,26,30,32). The largest absolute Gasteiger partial charge is 0.338 e. The van der Waals surface area contributed by atoms with Crippen molar-refractivity contribution in [1.82, 2.24) is 15.0 Å². The molecular weight excluding hydrogens is 416 g/mol. The number of nitrogens with zero attached hydrogens (tertiary/aromatic N) is 1. The van der Waals surface area contributed by atoms with E-state index in [4.69, 9.17) is 0 Å². The predicted octanol–water partition coefficient (Wildman–Crippen LogP) is 4.95. The fourth-order valence-electron chi connectivity index (χ4n) is 3.50. The van der Waals surface area contributed by atoms with Gasteiger partial charge in [-0.1, -0.05) is 24.3 Å². The number of aromatic amines is 2. The second-order valence-electron chi connectivity index (χ2n) is 7.09. The van der Waals surface area contributed by atoms with Crippen LogP contribution >= 0.6 is 0 Å². The number of imidazole rings is 1. The Bertz CT molecular complexity index is 1510. The van der Waals surface area contributed by atoms with Crippen molar-refractivity contribution in [2.24, 2.45) is 0 Å². The monoisotopic (exact) mass is 431 g/mol. The molecule has 0 saturated heterocycles. The number of H-pyrrole nitrogens is 2. The van der Waals surface area contributed by atoms with Gasteiger partial charge in [0.25, 0.3) is 5.56 Å². The summed E-state index contributed by atoms with van der Waals surface area (Å²) in [5.41, 5.74) is 3.06. The number of urea groups is 1. The fourth-order valence-corrected chi connectivity index (χ4v) is 3.50. The summed E-state index contributed by atoms with van der Waals surface area (Å²) in [5.74, 6) is -1.22. The van der Waals surface area contributed by atoms with Crippen molar-refractivity contribution in [3.05, 3.63) is 88.7 Å². The summed E-state index contributed by atoms with van der Waals surface area (Å²) in [7, 11) is 0. The first kappa shape index (κ1) is 19.4. The number of carbonyl (C=O) groups excluding carboxylic acids is 1. The second-order valence-corrected chi connectivity index (χ2v) is 7.09. The van der Waals surface area contributed by atoms with E-state index in [9.17, 15) is 18.4 Å². The van der Waals surface area contributed by atoms with E-state index in [0.717, 1.165) is 17.7 Å². The minimum absolute atomic E-state index is 0.149. The molecule has 0 atom stereocenters. The third-order valence-corrected chi connectivity index (χ3v) is 4.94. The van der Waals surface area contributed by atoms with E-state index in [0.29, 0.717) is 39.9 Å². The van der Waals surface area contributed by atoms with Crippen LogP contribution in [-0.2, 0) is 0 Å². The maximum atomic E-state index is 13.7. The highest BCUT2D eigenvalue weighted by atomic mass is 19.1. The quantitative estimate of drug-likeness (QED) is 0.325. The number of hydrogen-bond donors (Lipinski definition) is 4. The molecule has 5 rings (SSSR count). The lowest BCUT2D eigenvalue weighted by Gasteiger charge is -2.08. The highest BCUT2D eigenvalue weighted by Gasteiger charge is 2.19. The van der Waals surface area contributed by atoms with E-state index >= 15 is 0 Å². The van der Waals surface area contributed by atoms with Gasteiger partial charge in [-0.05, 0) is 36.4 Å². The Hall–Kier alpha value is -4.53. The topological polar surface area (TPSA) is 103 Å². The van der Waals surface area contributed by atoms with Crippen molar-refractivity contribution in [3.8, 4) is 22.6 Å². The van der Waals surface area contributed by atoms with Crippen LogP contribution in [0, 0.1) is 11.6 Å². The molecule has 0 unspecified atom stereocenters. The Kier molecular flexibility index (Phi) is 4.63. The molecule has 7 nitrogen and oxygen atoms in total. The predicted molar refractivity (Wildman–Crippen MR) is 118 cm³/mol. The summed E-state index contributed by atoms with van der Waals surface area (Å²) in [6.07, 6.45) is 0. The summed E-state index contributed by atoms with van der Waals surface area (Å²) < 4.78 is 26.8. The number of hydrogen-bond acceptors (Lipinski definition) is 3. The SMILES string of the molecule is O=C(Nc1ccc2nc(-c3c4cccccc-4[nH]c3=O)[nH]c2c1)Nc1ccc(F)cc1F. The highest BCUT2D eigenvalue weighted by molar-refractivity contribution is 6.01. The molecule has 1 aliphatic carbocycles. The van der Waals surface area contributed by atoms with Crippen molar-refractivity contribution < 1.29 is 13.6 Å². The molecule has 2 aromatic carbocycles. The number of halogens is 2. The third kappa shape index (κ3) is 3.56. The molecule has 0 fully saturated rings. The molecule has 0 saturated carbocycles. The first-order chi connectivity index (χ1) is 15.5. The molecule has 158 valence electrons. The van der Waals surface area contributed by atoms with Crippen molar-refractivity contribution in [3.63, 3.8) is 0 Å². The second kappa shape index (κ2) is 7.62. The van der Waals surface area contributed by atoms with Crippen molar-refractivity contribution in [1.29, 1.82) is 0 Å². The van der Waals surface area contributed by atoms with Crippen LogP contribution in [0.3, 0.4) is 0 Å². The molecule has 1 aromatic heterocycles. The summed E-state index contributed by atoms with van der Waals surface area (Å²) in [6.45, 7) is 0. The van der Waals surface area contributed by atoms with E-state index < -0.39 is 17.7 Å². The van der Waals surface area contributed by atoms with Crippen LogP contribution in [0.5, 0.6) is 0 Å². The van der Waals surface area contributed by atoms with Crippen LogP contribution in [0.15, 0.2) is 71.5 Å². The summed E-state index contributed by atoms with van der Waals surface area (Å²) in [5, 5.41) is 4.92. The number of carbonyl (C=O) groups is 1. The van der Waals surface area contributed by atoms with Crippen LogP contribution in [0.1, 0.15) is 0 Å². The van der Waals surface area contributed by atoms with Gasteiger partial charge in [-0.2, -0.15) is 0 Å². The lowest BCUT2D eigenvalue weighted by molar-refractivity contribution is 0.262. The number of rotatable bonds is 3. The molecular formula is C23H15F2N5O2. The molecule has 32 heavy (non-hydrogen) atoms. The highest BCUT2D eigenvalue weighted by Crippen LogP contribution is 2.29. The maximum absolute atomic E-state index is 13.7. The number of fused-ring (bicyclic) bond motifs is 2. The molecule has 2 aliphatic rings. The van der Waals surface area contributed by atoms with Gasteiger partial charge in [-0.3, -0.25) is 4.79 Å². The first-order valence-corrected chi connectivity index (χ1v) is 9.62. The maximum Gasteiger partial charge on any atom is 0.323 e. The minimum atomic E-state index is -0.880. The Morgan fingerprint density at radius 2 is 1.75 bits per heavy atom. The Morgan fingerprint density at radius 1 is 0.906 bits per heavy atom. The lowest BCUT2D eigenvalue weighted by atomic mass is 10.1. The van der Waals surface area contributed by atoms with Gasteiger partial charge in [0.15, 0.2) is 0 Å². The van der Waals surface area contributed by atoms with E-state index in [-0.39, 0.29) is 11.2 Å². The van der Waals surface area contributed by atoms with Gasteiger partial charge in [0.1, 0.15) is 17.5 Å². The number of aromatic nitrogens is 3. The van der Waals surface area contributed by atoms with Crippen molar-refractivity contribution in [2.45, 2.75) is 0 Å². The smallest absolute Gasteiger partial charge is 0.323 e. The molecule has 0 radical (unpaired) electrons. The molecule has 0 spiro atoms. The van der Waals surface area contributed by atoms with Gasteiger partial charge >= 0.3 is 6.03 Å². The molecule has 1 aliphatic heterocycles. The van der Waals surface area contributed by atoms with Gasteiger partial charge in [0.05, 0.1) is 22.3 Å². The van der Waals surface area contributed by atoms with Crippen LogP contribution in [0.25, 0.3) is 33.7 Å². The zero-order chi connectivity index (χ0) is 22.2. The summed E-state index contributed by atoms with van der Waals surface area (Å²) in [4.78, 5) is 35.2. The zero-order valence-electron chi connectivity index (χ0n) is 16.4. The Labute approximate surface area is 179 Å². The van der Waals surface area contributed by atoms with Crippen LogP contribution in [0.2, 0.25) is 0 Å². The Morgan fingerprint density at radius 3 is 2.59 bits per heavy atom. The minimum Gasteiger partial charge on any atom is -0.338 e. The number of amides is 2. The average molecular weight is 431 g/mol.